The van der Waals surface area contributed by atoms with Crippen molar-refractivity contribution in [3.63, 3.8) is 0 Å². The zero-order valence-electron chi connectivity index (χ0n) is 18.2. The van der Waals surface area contributed by atoms with Crippen LogP contribution in [0.3, 0.4) is 0 Å². The van der Waals surface area contributed by atoms with E-state index in [1.807, 2.05) is 64.1 Å². The molecule has 6 heteroatoms. The van der Waals surface area contributed by atoms with Crippen LogP contribution in [-0.4, -0.2) is 61.0 Å². The van der Waals surface area contributed by atoms with Crippen LogP contribution in [0.25, 0.3) is 0 Å². The predicted molar refractivity (Wildman–Crippen MR) is 116 cm³/mol. The van der Waals surface area contributed by atoms with E-state index in [4.69, 9.17) is 9.47 Å². The van der Waals surface area contributed by atoms with Crippen LogP contribution in [-0.2, 0) is 9.59 Å². The molecule has 0 N–H and O–H groups in total. The van der Waals surface area contributed by atoms with Crippen molar-refractivity contribution < 1.29 is 19.1 Å². The maximum absolute atomic E-state index is 12.5. The lowest BCUT2D eigenvalue weighted by Gasteiger charge is -2.34. The van der Waals surface area contributed by atoms with Crippen LogP contribution in [0.5, 0.6) is 11.5 Å². The molecule has 3 rings (SSSR count). The number of piperazine rings is 1. The summed E-state index contributed by atoms with van der Waals surface area (Å²) in [7, 11) is 0. The molecule has 0 bridgehead atoms. The van der Waals surface area contributed by atoms with Crippen LogP contribution in [0.4, 0.5) is 0 Å². The topological polar surface area (TPSA) is 59.1 Å². The van der Waals surface area contributed by atoms with E-state index in [0.717, 1.165) is 33.8 Å². The number of aryl methyl sites for hydroxylation is 4. The van der Waals surface area contributed by atoms with Gasteiger partial charge >= 0.3 is 0 Å². The molecular weight excluding hydrogens is 380 g/mol. The molecule has 2 aromatic carbocycles. The molecule has 0 saturated carbocycles. The summed E-state index contributed by atoms with van der Waals surface area (Å²) in [6.07, 6.45) is 0. The monoisotopic (exact) mass is 410 g/mol. The first kappa shape index (κ1) is 21.7. The molecule has 1 fully saturated rings. The normalized spacial score (nSPS) is 13.9. The first-order valence-electron chi connectivity index (χ1n) is 10.3. The van der Waals surface area contributed by atoms with E-state index in [2.05, 4.69) is 0 Å². The minimum atomic E-state index is -0.0615. The van der Waals surface area contributed by atoms with Crippen LogP contribution < -0.4 is 9.47 Å². The molecule has 0 radical (unpaired) electrons. The molecule has 30 heavy (non-hydrogen) atoms. The number of amides is 2. The second kappa shape index (κ2) is 9.65. The molecule has 1 heterocycles. The Morgan fingerprint density at radius 1 is 0.700 bits per heavy atom. The van der Waals surface area contributed by atoms with E-state index >= 15 is 0 Å². The van der Waals surface area contributed by atoms with Gasteiger partial charge in [0.2, 0.25) is 0 Å². The van der Waals surface area contributed by atoms with Crippen molar-refractivity contribution in [1.82, 2.24) is 9.80 Å². The minimum absolute atomic E-state index is 0.00760. The van der Waals surface area contributed by atoms with Gasteiger partial charge in [0.05, 0.1) is 0 Å². The van der Waals surface area contributed by atoms with E-state index in [9.17, 15) is 9.59 Å². The average molecular weight is 411 g/mol. The smallest absolute Gasteiger partial charge is 0.260 e. The number of nitrogens with zero attached hydrogens (tertiary/aromatic N) is 2. The standard InChI is InChI=1S/C24H30N2O4/c1-17-5-7-21(19(3)13-17)29-15-23(27)25-9-11-26(12-10-25)24(28)16-30-22-8-6-18(2)14-20(22)4/h5-8,13-14H,9-12,15-16H2,1-4H3. The van der Waals surface area contributed by atoms with Gasteiger partial charge in [0.15, 0.2) is 13.2 Å². The lowest BCUT2D eigenvalue weighted by atomic mass is 10.1. The van der Waals surface area contributed by atoms with Crippen molar-refractivity contribution in [3.05, 3.63) is 58.7 Å². The van der Waals surface area contributed by atoms with Gasteiger partial charge in [0.1, 0.15) is 11.5 Å². The molecular formula is C24H30N2O4. The fourth-order valence-corrected chi connectivity index (χ4v) is 3.59. The zero-order valence-corrected chi connectivity index (χ0v) is 18.2. The number of hydrogen-bond acceptors (Lipinski definition) is 4. The summed E-state index contributed by atoms with van der Waals surface area (Å²) in [5, 5.41) is 0. The number of hydrogen-bond donors (Lipinski definition) is 0. The van der Waals surface area contributed by atoms with E-state index in [1.165, 1.54) is 0 Å². The second-order valence-corrected chi connectivity index (χ2v) is 7.88. The third-order valence-electron chi connectivity index (χ3n) is 5.35. The molecule has 2 amide bonds. The van der Waals surface area contributed by atoms with Crippen molar-refractivity contribution in [1.29, 1.82) is 0 Å². The quantitative estimate of drug-likeness (QED) is 0.735. The van der Waals surface area contributed by atoms with Crippen molar-refractivity contribution in [3.8, 4) is 11.5 Å². The van der Waals surface area contributed by atoms with Crippen molar-refractivity contribution in [2.24, 2.45) is 0 Å². The molecule has 1 aliphatic rings. The Balaban J connectivity index is 1.43. The number of carbonyl (C=O) groups excluding carboxylic acids is 2. The zero-order chi connectivity index (χ0) is 21.7. The van der Waals surface area contributed by atoms with E-state index in [0.29, 0.717) is 26.2 Å². The van der Waals surface area contributed by atoms with Crippen LogP contribution in [0.2, 0.25) is 0 Å². The molecule has 0 aromatic heterocycles. The van der Waals surface area contributed by atoms with Gasteiger partial charge in [-0.05, 0) is 51.0 Å². The van der Waals surface area contributed by atoms with Gasteiger partial charge in [0, 0.05) is 26.2 Å². The van der Waals surface area contributed by atoms with Gasteiger partial charge in [-0.1, -0.05) is 35.4 Å². The summed E-state index contributed by atoms with van der Waals surface area (Å²) in [6, 6.07) is 11.8. The average Bonchev–Trinajstić information content (AvgIpc) is 2.72. The van der Waals surface area contributed by atoms with Crippen LogP contribution in [0.1, 0.15) is 22.3 Å². The first-order chi connectivity index (χ1) is 14.3. The van der Waals surface area contributed by atoms with Gasteiger partial charge in [0.25, 0.3) is 11.8 Å². The minimum Gasteiger partial charge on any atom is -0.484 e. The molecule has 0 spiro atoms. The van der Waals surface area contributed by atoms with Crippen LogP contribution >= 0.6 is 0 Å². The number of benzene rings is 2. The van der Waals surface area contributed by atoms with Gasteiger partial charge in [-0.2, -0.15) is 0 Å². The van der Waals surface area contributed by atoms with Gasteiger partial charge in [-0.3, -0.25) is 9.59 Å². The molecule has 1 aliphatic heterocycles. The summed E-state index contributed by atoms with van der Waals surface area (Å²) in [5.74, 6) is 1.33. The van der Waals surface area contributed by atoms with E-state index in [-0.39, 0.29) is 25.0 Å². The van der Waals surface area contributed by atoms with E-state index in [1.54, 1.807) is 9.80 Å². The summed E-state index contributed by atoms with van der Waals surface area (Å²) in [6.45, 7) is 10.0. The summed E-state index contributed by atoms with van der Waals surface area (Å²) in [5.41, 5.74) is 4.35. The second-order valence-electron chi connectivity index (χ2n) is 7.88. The Bertz CT molecular complexity index is 842. The maximum Gasteiger partial charge on any atom is 0.260 e. The van der Waals surface area contributed by atoms with Crippen molar-refractivity contribution >= 4 is 11.8 Å². The van der Waals surface area contributed by atoms with E-state index < -0.39 is 0 Å². The summed E-state index contributed by atoms with van der Waals surface area (Å²) < 4.78 is 11.4. The Morgan fingerprint density at radius 2 is 1.07 bits per heavy atom. The SMILES string of the molecule is Cc1ccc(OCC(=O)N2CCN(C(=O)COc3ccc(C)cc3C)CC2)c(C)c1. The van der Waals surface area contributed by atoms with Gasteiger partial charge < -0.3 is 19.3 Å². The largest absolute Gasteiger partial charge is 0.484 e. The Morgan fingerprint density at radius 3 is 1.40 bits per heavy atom. The Hall–Kier alpha value is -3.02. The van der Waals surface area contributed by atoms with Crippen molar-refractivity contribution in [2.75, 3.05) is 39.4 Å². The number of carbonyl (C=O) groups is 2. The van der Waals surface area contributed by atoms with Gasteiger partial charge in [-0.25, -0.2) is 0 Å². The molecule has 0 aliphatic carbocycles. The Kier molecular flexibility index (Phi) is 6.98. The van der Waals surface area contributed by atoms with Gasteiger partial charge in [-0.15, -0.1) is 0 Å². The molecule has 0 atom stereocenters. The predicted octanol–water partition coefficient (Wildman–Crippen LogP) is 3.05. The van der Waals surface area contributed by atoms with Crippen LogP contribution in [0.15, 0.2) is 36.4 Å². The molecule has 0 unspecified atom stereocenters. The molecule has 2 aromatic rings. The molecule has 6 nitrogen and oxygen atoms in total. The number of rotatable bonds is 6. The molecule has 1 saturated heterocycles. The fraction of sp³-hybridized carbons (Fsp3) is 0.417. The highest BCUT2D eigenvalue weighted by Crippen LogP contribution is 2.20. The summed E-state index contributed by atoms with van der Waals surface area (Å²) in [4.78, 5) is 28.4. The Labute approximate surface area is 178 Å². The number of ether oxygens (including phenoxy) is 2. The highest BCUT2D eigenvalue weighted by atomic mass is 16.5. The third-order valence-corrected chi connectivity index (χ3v) is 5.35. The lowest BCUT2D eigenvalue weighted by molar-refractivity contribution is -0.141. The van der Waals surface area contributed by atoms with Crippen LogP contribution in [0, 0.1) is 27.7 Å². The maximum atomic E-state index is 12.5. The molecule has 160 valence electrons. The highest BCUT2D eigenvalue weighted by molar-refractivity contribution is 5.80. The highest BCUT2D eigenvalue weighted by Gasteiger charge is 2.24. The van der Waals surface area contributed by atoms with Crippen molar-refractivity contribution in [2.45, 2.75) is 27.7 Å². The lowest BCUT2D eigenvalue weighted by Crippen LogP contribution is -2.52. The summed E-state index contributed by atoms with van der Waals surface area (Å²) >= 11 is 0. The first-order valence-corrected chi connectivity index (χ1v) is 10.3. The fourth-order valence-electron chi connectivity index (χ4n) is 3.59. The third kappa shape index (κ3) is 5.53.